The van der Waals surface area contributed by atoms with Crippen LogP contribution in [0.15, 0.2) is 54.6 Å². The minimum absolute atomic E-state index is 0.860. The third-order valence-corrected chi connectivity index (χ3v) is 4.48. The van der Waals surface area contributed by atoms with Crippen LogP contribution in [0.25, 0.3) is 27.5 Å². The summed E-state index contributed by atoms with van der Waals surface area (Å²) in [7, 11) is 1.68. The molecule has 0 radical (unpaired) electrons. The van der Waals surface area contributed by atoms with Crippen LogP contribution in [0.3, 0.4) is 0 Å². The maximum absolute atomic E-state index is 5.26. The number of rotatable bonds is 2. The first-order valence-corrected chi connectivity index (χ1v) is 7.71. The second kappa shape index (κ2) is 5.13. The van der Waals surface area contributed by atoms with Crippen LogP contribution in [0.1, 0.15) is 11.3 Å². The fourth-order valence-corrected chi connectivity index (χ4v) is 3.11. The first-order valence-electron chi connectivity index (χ1n) is 7.71. The molecule has 0 fully saturated rings. The number of hydrogen-bond donors (Lipinski definition) is 0. The third-order valence-electron chi connectivity index (χ3n) is 4.48. The standard InChI is InChI=1S/C20H18N2O/c1-13-14(2)21-22-19(15-8-10-17(23-3)11-9-15)12-16-6-4-5-7-18(16)20(13)22/h4-12H,1-3H3. The van der Waals surface area contributed by atoms with Gasteiger partial charge in [-0.15, -0.1) is 0 Å². The highest BCUT2D eigenvalue weighted by atomic mass is 16.5. The fraction of sp³-hybridized carbons (Fsp3) is 0.150. The summed E-state index contributed by atoms with van der Waals surface area (Å²) in [6.45, 7) is 4.21. The summed E-state index contributed by atoms with van der Waals surface area (Å²) in [4.78, 5) is 0. The van der Waals surface area contributed by atoms with Crippen LogP contribution < -0.4 is 4.74 Å². The SMILES string of the molecule is COc1ccc(-c2cc3ccccc3c3c(C)c(C)nn23)cc1. The Morgan fingerprint density at radius 1 is 0.957 bits per heavy atom. The van der Waals surface area contributed by atoms with Crippen LogP contribution >= 0.6 is 0 Å². The van der Waals surface area contributed by atoms with Crippen molar-refractivity contribution in [2.75, 3.05) is 7.11 Å². The normalized spacial score (nSPS) is 11.3. The smallest absolute Gasteiger partial charge is 0.118 e. The number of hydrogen-bond acceptors (Lipinski definition) is 2. The van der Waals surface area contributed by atoms with E-state index in [0.29, 0.717) is 0 Å². The van der Waals surface area contributed by atoms with Crippen LogP contribution in [0.4, 0.5) is 0 Å². The largest absolute Gasteiger partial charge is 0.497 e. The van der Waals surface area contributed by atoms with Gasteiger partial charge < -0.3 is 4.74 Å². The van der Waals surface area contributed by atoms with Crippen molar-refractivity contribution in [3.63, 3.8) is 0 Å². The molecular formula is C20H18N2O. The Hall–Kier alpha value is -2.81. The Bertz CT molecular complexity index is 1010. The lowest BCUT2D eigenvalue weighted by Crippen LogP contribution is -1.95. The molecule has 0 saturated carbocycles. The van der Waals surface area contributed by atoms with E-state index in [0.717, 1.165) is 22.7 Å². The quantitative estimate of drug-likeness (QED) is 0.532. The molecule has 114 valence electrons. The van der Waals surface area contributed by atoms with Crippen LogP contribution in [0, 0.1) is 13.8 Å². The highest BCUT2D eigenvalue weighted by Gasteiger charge is 2.14. The molecule has 0 saturated heterocycles. The van der Waals surface area contributed by atoms with Crippen molar-refractivity contribution < 1.29 is 4.74 Å². The van der Waals surface area contributed by atoms with E-state index in [1.165, 1.54) is 21.9 Å². The Labute approximate surface area is 135 Å². The van der Waals surface area contributed by atoms with Crippen molar-refractivity contribution in [3.8, 4) is 17.0 Å². The first kappa shape index (κ1) is 13.8. The first-order chi connectivity index (χ1) is 11.2. The number of ether oxygens (including phenoxy) is 1. The van der Waals surface area contributed by atoms with Crippen LogP contribution in [0.2, 0.25) is 0 Å². The van der Waals surface area contributed by atoms with Gasteiger partial charge in [0.2, 0.25) is 0 Å². The monoisotopic (exact) mass is 302 g/mol. The Morgan fingerprint density at radius 3 is 2.43 bits per heavy atom. The van der Waals surface area contributed by atoms with E-state index in [2.05, 4.69) is 60.8 Å². The minimum atomic E-state index is 0.860. The van der Waals surface area contributed by atoms with Gasteiger partial charge in [0.1, 0.15) is 5.75 Å². The molecule has 4 rings (SSSR count). The van der Waals surface area contributed by atoms with Gasteiger partial charge in [-0.1, -0.05) is 24.3 Å². The Morgan fingerprint density at radius 2 is 1.70 bits per heavy atom. The summed E-state index contributed by atoms with van der Waals surface area (Å²) in [5.74, 6) is 0.860. The lowest BCUT2D eigenvalue weighted by atomic mass is 10.0. The highest BCUT2D eigenvalue weighted by Crippen LogP contribution is 2.31. The van der Waals surface area contributed by atoms with Gasteiger partial charge >= 0.3 is 0 Å². The van der Waals surface area contributed by atoms with Gasteiger partial charge in [0.25, 0.3) is 0 Å². The van der Waals surface area contributed by atoms with Gasteiger partial charge in [0.15, 0.2) is 0 Å². The van der Waals surface area contributed by atoms with E-state index >= 15 is 0 Å². The van der Waals surface area contributed by atoms with Crippen LogP contribution in [0.5, 0.6) is 5.75 Å². The molecule has 3 nitrogen and oxygen atoms in total. The Kier molecular flexibility index (Phi) is 3.08. The third kappa shape index (κ3) is 2.08. The molecule has 0 unspecified atom stereocenters. The highest BCUT2D eigenvalue weighted by molar-refractivity contribution is 6.00. The molecule has 2 aromatic carbocycles. The van der Waals surface area contributed by atoms with Crippen molar-refractivity contribution in [2.24, 2.45) is 0 Å². The zero-order valence-corrected chi connectivity index (χ0v) is 13.5. The topological polar surface area (TPSA) is 26.5 Å². The van der Waals surface area contributed by atoms with E-state index < -0.39 is 0 Å². The fourth-order valence-electron chi connectivity index (χ4n) is 3.11. The zero-order valence-electron chi connectivity index (χ0n) is 13.5. The second-order valence-corrected chi connectivity index (χ2v) is 5.82. The molecule has 0 N–H and O–H groups in total. The maximum atomic E-state index is 5.26. The number of benzene rings is 2. The molecule has 3 heteroatoms. The van der Waals surface area contributed by atoms with Crippen molar-refractivity contribution in [2.45, 2.75) is 13.8 Å². The molecule has 0 atom stereocenters. The number of fused-ring (bicyclic) bond motifs is 3. The lowest BCUT2D eigenvalue weighted by molar-refractivity contribution is 0.415. The molecule has 2 aromatic heterocycles. The summed E-state index contributed by atoms with van der Waals surface area (Å²) in [6, 6.07) is 18.8. The molecule has 0 aliphatic rings. The molecule has 0 spiro atoms. The van der Waals surface area contributed by atoms with Gasteiger partial charge in [0, 0.05) is 10.9 Å². The summed E-state index contributed by atoms with van der Waals surface area (Å²) >= 11 is 0. The molecule has 0 amide bonds. The van der Waals surface area contributed by atoms with Crippen molar-refractivity contribution in [1.29, 1.82) is 0 Å². The number of pyridine rings is 1. The van der Waals surface area contributed by atoms with E-state index in [1.54, 1.807) is 7.11 Å². The average molecular weight is 302 g/mol. The summed E-state index contributed by atoms with van der Waals surface area (Å²) in [6.07, 6.45) is 0. The molecule has 0 aliphatic carbocycles. The van der Waals surface area contributed by atoms with Gasteiger partial charge in [-0.3, -0.25) is 0 Å². The van der Waals surface area contributed by atoms with Crippen molar-refractivity contribution in [1.82, 2.24) is 9.61 Å². The number of methoxy groups -OCH3 is 1. The lowest BCUT2D eigenvalue weighted by Gasteiger charge is -2.10. The van der Waals surface area contributed by atoms with E-state index in [-0.39, 0.29) is 0 Å². The molecular weight excluding hydrogens is 284 g/mol. The average Bonchev–Trinajstić information content (AvgIpc) is 2.90. The summed E-state index contributed by atoms with van der Waals surface area (Å²) < 4.78 is 7.33. The molecule has 4 aromatic rings. The van der Waals surface area contributed by atoms with Crippen molar-refractivity contribution in [3.05, 3.63) is 65.9 Å². The number of aromatic nitrogens is 2. The molecule has 2 heterocycles. The van der Waals surface area contributed by atoms with Gasteiger partial charge in [-0.05, 0) is 55.1 Å². The zero-order chi connectivity index (χ0) is 16.0. The predicted molar refractivity (Wildman–Crippen MR) is 94.2 cm³/mol. The van der Waals surface area contributed by atoms with Crippen LogP contribution in [-0.4, -0.2) is 16.7 Å². The number of nitrogens with zero attached hydrogens (tertiary/aromatic N) is 2. The number of aryl methyl sites for hydroxylation is 2. The molecule has 23 heavy (non-hydrogen) atoms. The van der Waals surface area contributed by atoms with Gasteiger partial charge in [-0.25, -0.2) is 4.52 Å². The molecule has 0 aliphatic heterocycles. The van der Waals surface area contributed by atoms with Crippen LogP contribution in [-0.2, 0) is 0 Å². The summed E-state index contributed by atoms with van der Waals surface area (Å²) in [5.41, 5.74) is 5.71. The van der Waals surface area contributed by atoms with E-state index in [1.807, 2.05) is 12.1 Å². The predicted octanol–water partition coefficient (Wildman–Crippen LogP) is 4.78. The minimum Gasteiger partial charge on any atom is -0.497 e. The second-order valence-electron chi connectivity index (χ2n) is 5.82. The van der Waals surface area contributed by atoms with E-state index in [4.69, 9.17) is 9.84 Å². The van der Waals surface area contributed by atoms with E-state index in [9.17, 15) is 0 Å². The summed E-state index contributed by atoms with van der Waals surface area (Å²) in [5, 5.41) is 7.24. The van der Waals surface area contributed by atoms with Gasteiger partial charge in [-0.2, -0.15) is 5.10 Å². The van der Waals surface area contributed by atoms with Crippen molar-refractivity contribution >= 4 is 16.3 Å². The maximum Gasteiger partial charge on any atom is 0.118 e. The molecule has 0 bridgehead atoms. The van der Waals surface area contributed by atoms with Gasteiger partial charge in [0.05, 0.1) is 24.0 Å². The Balaban J connectivity index is 2.10.